The normalized spacial score (nSPS) is 16.1. The molecular weight excluding hydrogens is 456 g/mol. The zero-order chi connectivity index (χ0) is 18.3. The third-order valence-corrected chi connectivity index (χ3v) is 3.78. The Morgan fingerprint density at radius 2 is 1.88 bits per heavy atom. The number of hydrogen-bond donors (Lipinski definition) is 1. The molecule has 0 saturated carbocycles. The van der Waals surface area contributed by atoms with E-state index in [1.807, 2.05) is 4.90 Å². The number of likely N-dealkylation sites (N-methyl/N-ethyl adjacent to an activating group) is 1. The third kappa shape index (κ3) is 8.10. The van der Waals surface area contributed by atoms with Crippen molar-refractivity contribution in [2.24, 2.45) is 10.9 Å². The van der Waals surface area contributed by atoms with Gasteiger partial charge in [-0.15, -0.1) is 24.0 Å². The van der Waals surface area contributed by atoms with Gasteiger partial charge in [0.05, 0.1) is 19.6 Å². The number of ether oxygens (including phenoxy) is 1. The molecule has 1 fully saturated rings. The average molecular weight is 480 g/mol. The number of nitrogens with zero attached hydrogens (tertiary/aromatic N) is 3. The number of aliphatic imine (C=N–C) groups is 1. The van der Waals surface area contributed by atoms with E-state index in [4.69, 9.17) is 4.74 Å². The average Bonchev–Trinajstić information content (AvgIpc) is 2.53. The van der Waals surface area contributed by atoms with Crippen LogP contribution in [0.1, 0.15) is 12.8 Å². The number of halogens is 4. The van der Waals surface area contributed by atoms with Crippen molar-refractivity contribution >= 4 is 41.8 Å². The molecule has 0 radical (unpaired) electrons. The number of carbonyl (C=O) groups excluding carboxylic acids is 2. The van der Waals surface area contributed by atoms with Gasteiger partial charge in [0.15, 0.2) is 5.96 Å². The molecule has 25 heavy (non-hydrogen) atoms. The molecule has 0 aromatic carbocycles. The highest BCUT2D eigenvalue weighted by molar-refractivity contribution is 14.0. The van der Waals surface area contributed by atoms with E-state index in [0.717, 1.165) is 7.05 Å². The molecule has 11 heteroatoms. The number of rotatable bonds is 4. The minimum absolute atomic E-state index is 0. The number of nitrogens with one attached hydrogen (secondary N) is 1. The summed E-state index contributed by atoms with van der Waals surface area (Å²) in [5, 5.41) is 2.76. The lowest BCUT2D eigenvalue weighted by Crippen LogP contribution is -2.49. The van der Waals surface area contributed by atoms with Crippen LogP contribution in [0.25, 0.3) is 0 Å². The Bertz CT molecular complexity index is 480. The number of esters is 1. The third-order valence-electron chi connectivity index (χ3n) is 3.78. The summed E-state index contributed by atoms with van der Waals surface area (Å²) in [5.41, 5.74) is 0. The van der Waals surface area contributed by atoms with E-state index < -0.39 is 18.6 Å². The maximum Gasteiger partial charge on any atom is 0.406 e. The van der Waals surface area contributed by atoms with Crippen molar-refractivity contribution in [2.75, 3.05) is 47.4 Å². The van der Waals surface area contributed by atoms with Gasteiger partial charge in [-0.25, -0.2) is 0 Å². The largest absolute Gasteiger partial charge is 0.469 e. The number of carbonyl (C=O) groups is 2. The Balaban J connectivity index is 0.00000576. The minimum atomic E-state index is -4.43. The first-order valence-corrected chi connectivity index (χ1v) is 7.52. The summed E-state index contributed by atoms with van der Waals surface area (Å²) < 4.78 is 41.5. The van der Waals surface area contributed by atoms with Gasteiger partial charge in [-0.05, 0) is 12.8 Å². The summed E-state index contributed by atoms with van der Waals surface area (Å²) in [7, 11) is 3.97. The van der Waals surface area contributed by atoms with Gasteiger partial charge in [-0.3, -0.25) is 14.6 Å². The first-order valence-electron chi connectivity index (χ1n) is 7.52. The van der Waals surface area contributed by atoms with Gasteiger partial charge in [-0.1, -0.05) is 0 Å². The Labute approximate surface area is 162 Å². The van der Waals surface area contributed by atoms with Gasteiger partial charge in [-0.2, -0.15) is 13.2 Å². The molecule has 1 heterocycles. The second-order valence-electron chi connectivity index (χ2n) is 5.55. The van der Waals surface area contributed by atoms with Crippen LogP contribution in [0.4, 0.5) is 13.2 Å². The van der Waals surface area contributed by atoms with Crippen molar-refractivity contribution in [3.8, 4) is 0 Å². The van der Waals surface area contributed by atoms with Crippen LogP contribution >= 0.6 is 24.0 Å². The molecule has 0 aliphatic carbocycles. The molecule has 1 aliphatic rings. The quantitative estimate of drug-likeness (QED) is 0.282. The zero-order valence-corrected chi connectivity index (χ0v) is 16.8. The van der Waals surface area contributed by atoms with E-state index in [-0.39, 0.29) is 42.4 Å². The molecule has 1 N–H and O–H groups in total. The summed E-state index contributed by atoms with van der Waals surface area (Å²) in [4.78, 5) is 29.7. The topological polar surface area (TPSA) is 74.2 Å². The number of amides is 1. The molecule has 0 aromatic rings. The SMILES string of the molecule is CN=C(NCC(=O)N(C)CC(F)(F)F)N1CCC(C(=O)OC)CC1.I. The van der Waals surface area contributed by atoms with Crippen molar-refractivity contribution in [3.63, 3.8) is 0 Å². The number of guanidine groups is 1. The van der Waals surface area contributed by atoms with Crippen molar-refractivity contribution < 1.29 is 27.5 Å². The smallest absolute Gasteiger partial charge is 0.406 e. The van der Waals surface area contributed by atoms with Crippen LogP contribution in [0.15, 0.2) is 4.99 Å². The fraction of sp³-hybridized carbons (Fsp3) is 0.786. The van der Waals surface area contributed by atoms with Crippen molar-refractivity contribution in [3.05, 3.63) is 0 Å². The van der Waals surface area contributed by atoms with Crippen LogP contribution in [-0.4, -0.2) is 81.2 Å². The van der Waals surface area contributed by atoms with Crippen LogP contribution < -0.4 is 5.32 Å². The molecule has 0 spiro atoms. The number of hydrogen-bond acceptors (Lipinski definition) is 4. The predicted octanol–water partition coefficient (Wildman–Crippen LogP) is 1.09. The van der Waals surface area contributed by atoms with Gasteiger partial charge in [0.25, 0.3) is 0 Å². The fourth-order valence-corrected chi connectivity index (χ4v) is 2.47. The lowest BCUT2D eigenvalue weighted by Gasteiger charge is -2.33. The van der Waals surface area contributed by atoms with Gasteiger partial charge in [0, 0.05) is 27.2 Å². The molecule has 1 rings (SSSR count). The first-order chi connectivity index (χ1) is 11.2. The molecule has 0 aromatic heterocycles. The summed E-state index contributed by atoms with van der Waals surface area (Å²) in [6.07, 6.45) is -3.24. The molecule has 0 atom stereocenters. The van der Waals surface area contributed by atoms with E-state index in [9.17, 15) is 22.8 Å². The summed E-state index contributed by atoms with van der Waals surface area (Å²) in [6.45, 7) is -0.481. The lowest BCUT2D eigenvalue weighted by atomic mass is 9.97. The van der Waals surface area contributed by atoms with E-state index in [1.54, 1.807) is 0 Å². The van der Waals surface area contributed by atoms with Crippen LogP contribution in [-0.2, 0) is 14.3 Å². The second kappa shape index (κ2) is 10.7. The summed E-state index contributed by atoms with van der Waals surface area (Å²) in [5.74, 6) is -0.671. The number of piperidine rings is 1. The number of alkyl halides is 3. The monoisotopic (exact) mass is 480 g/mol. The number of likely N-dealkylation sites (tertiary alicyclic amines) is 1. The first kappa shape index (κ1) is 23.7. The van der Waals surface area contributed by atoms with Crippen molar-refractivity contribution in [1.29, 1.82) is 0 Å². The standard InChI is InChI=1S/C14H23F3N4O3.HI/c1-18-13(19-8-11(22)20(2)9-14(15,16)17)21-6-4-10(5-7-21)12(23)24-3;/h10H,4-9H2,1-3H3,(H,18,19);1H. The summed E-state index contributed by atoms with van der Waals surface area (Å²) >= 11 is 0. The zero-order valence-electron chi connectivity index (χ0n) is 14.4. The molecular formula is C14H24F3IN4O3. The highest BCUT2D eigenvalue weighted by Gasteiger charge is 2.31. The Kier molecular flexibility index (Phi) is 10.1. The van der Waals surface area contributed by atoms with E-state index in [1.165, 1.54) is 14.2 Å². The predicted molar refractivity (Wildman–Crippen MR) is 96.8 cm³/mol. The van der Waals surface area contributed by atoms with Gasteiger partial charge in [0.1, 0.15) is 6.54 Å². The molecule has 1 saturated heterocycles. The van der Waals surface area contributed by atoms with Crippen LogP contribution in [0.2, 0.25) is 0 Å². The molecule has 1 aliphatic heterocycles. The summed E-state index contributed by atoms with van der Waals surface area (Å²) in [6, 6.07) is 0. The van der Waals surface area contributed by atoms with Gasteiger partial charge in [0.2, 0.25) is 5.91 Å². The molecule has 7 nitrogen and oxygen atoms in total. The van der Waals surface area contributed by atoms with Gasteiger partial charge < -0.3 is 19.9 Å². The molecule has 1 amide bonds. The van der Waals surface area contributed by atoms with Crippen LogP contribution in [0.3, 0.4) is 0 Å². The molecule has 0 bridgehead atoms. The van der Waals surface area contributed by atoms with E-state index in [2.05, 4.69) is 10.3 Å². The highest BCUT2D eigenvalue weighted by Crippen LogP contribution is 2.18. The minimum Gasteiger partial charge on any atom is -0.469 e. The maximum atomic E-state index is 12.3. The van der Waals surface area contributed by atoms with Crippen molar-refractivity contribution in [2.45, 2.75) is 19.0 Å². The van der Waals surface area contributed by atoms with E-state index >= 15 is 0 Å². The highest BCUT2D eigenvalue weighted by atomic mass is 127. The van der Waals surface area contributed by atoms with E-state index in [0.29, 0.717) is 36.8 Å². The lowest BCUT2D eigenvalue weighted by molar-refractivity contribution is -0.157. The Hall–Kier alpha value is -1.27. The molecule has 0 unspecified atom stereocenters. The number of methoxy groups -OCH3 is 1. The molecule has 146 valence electrons. The fourth-order valence-electron chi connectivity index (χ4n) is 2.47. The van der Waals surface area contributed by atoms with Crippen LogP contribution in [0.5, 0.6) is 0 Å². The van der Waals surface area contributed by atoms with Gasteiger partial charge >= 0.3 is 12.1 Å². The van der Waals surface area contributed by atoms with Crippen molar-refractivity contribution in [1.82, 2.24) is 15.1 Å². The Morgan fingerprint density at radius 1 is 1.32 bits per heavy atom. The van der Waals surface area contributed by atoms with Crippen LogP contribution in [0, 0.1) is 5.92 Å². The maximum absolute atomic E-state index is 12.3. The second-order valence-corrected chi connectivity index (χ2v) is 5.55. The Morgan fingerprint density at radius 3 is 2.32 bits per heavy atom.